The summed E-state index contributed by atoms with van der Waals surface area (Å²) in [6.07, 6.45) is 1.83. The Balaban J connectivity index is 1.48. The Hall–Kier alpha value is -2.64. The maximum absolute atomic E-state index is 5.83. The van der Waals surface area contributed by atoms with E-state index in [1.807, 2.05) is 0 Å². The van der Waals surface area contributed by atoms with Crippen LogP contribution in [0.25, 0.3) is 0 Å². The van der Waals surface area contributed by atoms with Crippen molar-refractivity contribution in [1.29, 1.82) is 0 Å². The Kier molecular flexibility index (Phi) is 3.82. The van der Waals surface area contributed by atoms with E-state index in [1.165, 1.54) is 22.3 Å². The van der Waals surface area contributed by atoms with Gasteiger partial charge in [-0.3, -0.25) is 4.90 Å². The van der Waals surface area contributed by atoms with Crippen LogP contribution in [0.3, 0.4) is 0 Å². The van der Waals surface area contributed by atoms with Gasteiger partial charge in [-0.25, -0.2) is 0 Å². The Morgan fingerprint density at radius 3 is 2.72 bits per heavy atom. The summed E-state index contributed by atoms with van der Waals surface area (Å²) in [6.45, 7) is 2.92. The zero-order valence-electron chi connectivity index (χ0n) is 16.6. The normalized spacial score (nSPS) is 21.4. The molecule has 1 atom stereocenters. The Morgan fingerprint density at radius 1 is 0.966 bits per heavy atom. The first kappa shape index (κ1) is 17.2. The van der Waals surface area contributed by atoms with Crippen molar-refractivity contribution in [2.75, 3.05) is 34.4 Å². The SMILES string of the molecule is COc1cc2c(c3c1OCOC3)CN1CCc3cc4c(c(OC)c3C1C2)OCO4. The van der Waals surface area contributed by atoms with Crippen molar-refractivity contribution >= 4 is 0 Å². The average molecular weight is 397 g/mol. The van der Waals surface area contributed by atoms with Crippen molar-refractivity contribution in [1.82, 2.24) is 4.90 Å². The van der Waals surface area contributed by atoms with Gasteiger partial charge in [-0.15, -0.1) is 0 Å². The summed E-state index contributed by atoms with van der Waals surface area (Å²) in [5.74, 6) is 3.93. The molecule has 4 heterocycles. The number of fused-ring (bicyclic) bond motifs is 7. The van der Waals surface area contributed by atoms with Gasteiger partial charge in [0.1, 0.15) is 0 Å². The second-order valence-corrected chi connectivity index (χ2v) is 7.79. The number of rotatable bonds is 2. The smallest absolute Gasteiger partial charge is 0.231 e. The Morgan fingerprint density at radius 2 is 1.86 bits per heavy atom. The predicted molar refractivity (Wildman–Crippen MR) is 103 cm³/mol. The highest BCUT2D eigenvalue weighted by molar-refractivity contribution is 5.63. The fourth-order valence-corrected chi connectivity index (χ4v) is 5.16. The minimum Gasteiger partial charge on any atom is -0.493 e. The van der Waals surface area contributed by atoms with Gasteiger partial charge in [0.15, 0.2) is 29.8 Å². The lowest BCUT2D eigenvalue weighted by molar-refractivity contribution is -0.0193. The van der Waals surface area contributed by atoms with Crippen molar-refractivity contribution in [3.63, 3.8) is 0 Å². The maximum atomic E-state index is 5.83. The third-order valence-corrected chi connectivity index (χ3v) is 6.47. The van der Waals surface area contributed by atoms with Crippen LogP contribution < -0.4 is 23.7 Å². The van der Waals surface area contributed by atoms with Crippen LogP contribution in [-0.4, -0.2) is 39.3 Å². The molecule has 0 aromatic heterocycles. The lowest BCUT2D eigenvalue weighted by Crippen LogP contribution is -2.40. The van der Waals surface area contributed by atoms with Gasteiger partial charge in [-0.1, -0.05) is 0 Å². The molecule has 0 saturated carbocycles. The van der Waals surface area contributed by atoms with Crippen LogP contribution in [0.1, 0.15) is 33.9 Å². The molecule has 2 aromatic rings. The first-order chi connectivity index (χ1) is 14.3. The molecule has 4 aliphatic heterocycles. The maximum Gasteiger partial charge on any atom is 0.231 e. The Labute approximate surface area is 169 Å². The summed E-state index contributed by atoms with van der Waals surface area (Å²) in [5, 5.41) is 0. The van der Waals surface area contributed by atoms with Gasteiger partial charge in [0.25, 0.3) is 0 Å². The molecule has 0 N–H and O–H groups in total. The molecule has 0 fully saturated rings. The average Bonchev–Trinajstić information content (AvgIpc) is 3.24. The summed E-state index contributed by atoms with van der Waals surface area (Å²) in [7, 11) is 3.40. The molecule has 4 aliphatic rings. The lowest BCUT2D eigenvalue weighted by Gasteiger charge is -2.43. The van der Waals surface area contributed by atoms with Crippen LogP contribution in [0.4, 0.5) is 0 Å². The summed E-state index contributed by atoms with van der Waals surface area (Å²) in [4.78, 5) is 2.52. The molecule has 2 aromatic carbocycles. The standard InChI is InChI=1S/C22H23NO6/c1-24-17-7-13-5-16-19-12(6-18-21(22(19)25-2)29-11-27-18)3-4-23(16)8-14(13)15-9-26-10-28-20(15)17/h6-7,16H,3-5,8-11H2,1-2H3. The van der Waals surface area contributed by atoms with Gasteiger partial charge in [0.05, 0.1) is 20.8 Å². The van der Waals surface area contributed by atoms with E-state index in [9.17, 15) is 0 Å². The van der Waals surface area contributed by atoms with E-state index in [0.29, 0.717) is 6.61 Å². The van der Waals surface area contributed by atoms with Crippen molar-refractivity contribution in [2.45, 2.75) is 32.0 Å². The summed E-state index contributed by atoms with van der Waals surface area (Å²) < 4.78 is 34.2. The first-order valence-corrected chi connectivity index (χ1v) is 9.94. The summed E-state index contributed by atoms with van der Waals surface area (Å²) in [6, 6.07) is 4.48. The predicted octanol–water partition coefficient (Wildman–Crippen LogP) is 2.95. The van der Waals surface area contributed by atoms with E-state index >= 15 is 0 Å². The third-order valence-electron chi connectivity index (χ3n) is 6.47. The van der Waals surface area contributed by atoms with Gasteiger partial charge < -0.3 is 28.4 Å². The van der Waals surface area contributed by atoms with E-state index in [0.717, 1.165) is 60.2 Å². The van der Waals surface area contributed by atoms with E-state index in [2.05, 4.69) is 17.0 Å². The molecule has 7 nitrogen and oxygen atoms in total. The van der Waals surface area contributed by atoms with E-state index < -0.39 is 0 Å². The summed E-state index contributed by atoms with van der Waals surface area (Å²) in [5.41, 5.74) is 6.21. The molecule has 0 saturated heterocycles. The highest BCUT2D eigenvalue weighted by atomic mass is 16.7. The summed E-state index contributed by atoms with van der Waals surface area (Å²) >= 11 is 0. The quantitative estimate of drug-likeness (QED) is 0.772. The minimum absolute atomic E-state index is 0.226. The largest absolute Gasteiger partial charge is 0.493 e. The second-order valence-electron chi connectivity index (χ2n) is 7.79. The molecule has 0 aliphatic carbocycles. The van der Waals surface area contributed by atoms with Crippen LogP contribution in [-0.2, 0) is 30.7 Å². The molecule has 7 heteroatoms. The van der Waals surface area contributed by atoms with Crippen molar-refractivity contribution in [3.8, 4) is 28.7 Å². The number of hydrogen-bond acceptors (Lipinski definition) is 7. The lowest BCUT2D eigenvalue weighted by atomic mass is 9.81. The van der Waals surface area contributed by atoms with Gasteiger partial charge >= 0.3 is 0 Å². The van der Waals surface area contributed by atoms with E-state index in [4.69, 9.17) is 28.4 Å². The number of nitrogens with zero attached hydrogens (tertiary/aromatic N) is 1. The van der Waals surface area contributed by atoms with Gasteiger partial charge in [0, 0.05) is 30.3 Å². The minimum atomic E-state index is 0.226. The molecule has 1 unspecified atom stereocenters. The zero-order chi connectivity index (χ0) is 19.5. The fraction of sp³-hybridized carbons (Fsp3) is 0.455. The molecule has 29 heavy (non-hydrogen) atoms. The molecule has 0 spiro atoms. The van der Waals surface area contributed by atoms with Crippen LogP contribution in [0, 0.1) is 0 Å². The van der Waals surface area contributed by atoms with Crippen molar-refractivity contribution in [3.05, 3.63) is 39.9 Å². The number of hydrogen-bond donors (Lipinski definition) is 0. The van der Waals surface area contributed by atoms with Gasteiger partial charge in [0.2, 0.25) is 12.5 Å². The first-order valence-electron chi connectivity index (χ1n) is 9.94. The number of ether oxygens (including phenoxy) is 6. The molecular formula is C22H23NO6. The fourth-order valence-electron chi connectivity index (χ4n) is 5.16. The van der Waals surface area contributed by atoms with Crippen LogP contribution in [0.15, 0.2) is 12.1 Å². The van der Waals surface area contributed by atoms with Crippen LogP contribution in [0.2, 0.25) is 0 Å². The Bertz CT molecular complexity index is 1000. The van der Waals surface area contributed by atoms with Crippen LogP contribution >= 0.6 is 0 Å². The highest BCUT2D eigenvalue weighted by Gasteiger charge is 2.39. The number of methoxy groups -OCH3 is 2. The third kappa shape index (κ3) is 2.44. The zero-order valence-corrected chi connectivity index (χ0v) is 16.6. The molecular weight excluding hydrogens is 374 g/mol. The molecule has 0 radical (unpaired) electrons. The van der Waals surface area contributed by atoms with Crippen molar-refractivity contribution < 1.29 is 28.4 Å². The van der Waals surface area contributed by atoms with Gasteiger partial charge in [-0.05, 0) is 41.7 Å². The molecule has 6 rings (SSSR count). The molecule has 152 valence electrons. The highest BCUT2D eigenvalue weighted by Crippen LogP contribution is 2.52. The van der Waals surface area contributed by atoms with Crippen molar-refractivity contribution in [2.24, 2.45) is 0 Å². The van der Waals surface area contributed by atoms with Gasteiger partial charge in [-0.2, -0.15) is 0 Å². The van der Waals surface area contributed by atoms with E-state index in [1.54, 1.807) is 14.2 Å². The second kappa shape index (κ2) is 6.43. The molecule has 0 amide bonds. The van der Waals surface area contributed by atoms with E-state index in [-0.39, 0.29) is 19.6 Å². The number of benzene rings is 2. The topological polar surface area (TPSA) is 58.6 Å². The van der Waals surface area contributed by atoms with Crippen LogP contribution in [0.5, 0.6) is 28.7 Å². The monoisotopic (exact) mass is 397 g/mol. The molecule has 0 bridgehead atoms.